The van der Waals surface area contributed by atoms with Gasteiger partial charge in [0.2, 0.25) is 0 Å². The molecule has 0 aromatic heterocycles. The van der Waals surface area contributed by atoms with Gasteiger partial charge in [0, 0.05) is 31.1 Å². The molecule has 0 atom stereocenters. The van der Waals surface area contributed by atoms with Crippen molar-refractivity contribution >= 4 is 54.9 Å². The molecule has 2 aliphatic heterocycles. The number of thioether (sulfide) groups is 2. The first-order valence-corrected chi connectivity index (χ1v) is 11.3. The van der Waals surface area contributed by atoms with Crippen molar-refractivity contribution in [1.29, 1.82) is 0 Å². The van der Waals surface area contributed by atoms with E-state index >= 15 is 0 Å². The lowest BCUT2D eigenvalue weighted by atomic mass is 10.1. The molecule has 0 fully saturated rings. The Hall–Kier alpha value is 0.970. The number of rotatable bonds is 2. The Balaban J connectivity index is 2.27. The molecular weight excluding hydrogens is 304 g/mol. The van der Waals surface area contributed by atoms with E-state index in [9.17, 15) is 0 Å². The highest BCUT2D eigenvalue weighted by molar-refractivity contribution is 9.10. The van der Waals surface area contributed by atoms with E-state index in [1.54, 1.807) is 30.7 Å². The second-order valence-electron chi connectivity index (χ2n) is 3.91. The highest BCUT2D eigenvalue weighted by Gasteiger charge is 2.28. The summed E-state index contributed by atoms with van der Waals surface area (Å²) in [5.74, 6) is 2.55. The fourth-order valence-corrected chi connectivity index (χ4v) is 10.1. The molecule has 0 spiro atoms. The smallest absolute Gasteiger partial charge is 0.0382 e. The Bertz CT molecular complexity index is 414. The minimum Gasteiger partial charge on any atom is -0.124 e. The van der Waals surface area contributed by atoms with E-state index < -0.39 is 0 Å². The van der Waals surface area contributed by atoms with Gasteiger partial charge in [-0.15, -0.1) is 23.5 Å². The molecule has 3 rings (SSSR count). The van der Waals surface area contributed by atoms with Crippen LogP contribution < -0.4 is 0 Å². The lowest BCUT2D eigenvalue weighted by Crippen LogP contribution is -2.04. The van der Waals surface area contributed by atoms with Gasteiger partial charge in [0.05, 0.1) is 0 Å². The molecule has 0 saturated carbocycles. The quantitative estimate of drug-likeness (QED) is 0.633. The molecule has 0 unspecified atom stereocenters. The molecule has 0 aliphatic carbocycles. The molecule has 0 N–H and O–H groups in total. The number of hydrogen-bond donors (Lipinski definition) is 0. The van der Waals surface area contributed by atoms with Crippen molar-refractivity contribution in [2.24, 2.45) is 0 Å². The molecule has 5 heteroatoms. The third-order valence-corrected chi connectivity index (χ3v) is 9.84. The van der Waals surface area contributed by atoms with E-state index in [1.165, 1.54) is 24.3 Å². The highest BCUT2D eigenvalue weighted by Crippen LogP contribution is 2.61. The number of benzene rings is 1. The van der Waals surface area contributed by atoms with E-state index in [4.69, 9.17) is 0 Å². The molecule has 0 bridgehead atoms. The second kappa shape index (κ2) is 5.53. The van der Waals surface area contributed by atoms with Crippen molar-refractivity contribution < 1.29 is 0 Å². The van der Waals surface area contributed by atoms with Gasteiger partial charge >= 0.3 is 0 Å². The standard InChI is InChI=1S/C12H14S5/c1-3-7-9-10(14-6-5-13-9)8(4-2)12-11(7)15-17-16-12/h3-6H2,1-2H3. The van der Waals surface area contributed by atoms with E-state index in [-0.39, 0.29) is 0 Å². The van der Waals surface area contributed by atoms with Gasteiger partial charge in [0.1, 0.15) is 0 Å². The van der Waals surface area contributed by atoms with Crippen molar-refractivity contribution in [2.75, 3.05) is 11.5 Å². The lowest BCUT2D eigenvalue weighted by Gasteiger charge is -2.23. The molecular formula is C12H14S5. The SMILES string of the molecule is CCc1c2c(c(CC)c3c1SSS3)SCCS2. The predicted octanol–water partition coefficient (Wildman–Crippen LogP) is 5.77. The van der Waals surface area contributed by atoms with Gasteiger partial charge in [-0.3, -0.25) is 0 Å². The van der Waals surface area contributed by atoms with Crippen LogP contribution >= 0.6 is 54.9 Å². The summed E-state index contributed by atoms with van der Waals surface area (Å²) in [4.78, 5) is 6.37. The van der Waals surface area contributed by atoms with Crippen LogP contribution in [-0.4, -0.2) is 11.5 Å². The first-order chi connectivity index (χ1) is 8.36. The average Bonchev–Trinajstić information content (AvgIpc) is 2.84. The molecule has 2 heterocycles. The topological polar surface area (TPSA) is 0 Å². The van der Waals surface area contributed by atoms with E-state index in [1.807, 2.05) is 31.4 Å². The first-order valence-electron chi connectivity index (χ1n) is 5.85. The Labute approximate surface area is 123 Å². The first kappa shape index (κ1) is 13.0. The fourth-order valence-electron chi connectivity index (χ4n) is 2.25. The van der Waals surface area contributed by atoms with Gasteiger partial charge in [-0.25, -0.2) is 0 Å². The second-order valence-corrected chi connectivity index (χ2v) is 10.0. The van der Waals surface area contributed by atoms with Crippen molar-refractivity contribution in [3.8, 4) is 0 Å². The zero-order chi connectivity index (χ0) is 11.8. The van der Waals surface area contributed by atoms with E-state index in [2.05, 4.69) is 37.4 Å². The normalized spacial score (nSPS) is 18.0. The predicted molar refractivity (Wildman–Crippen MR) is 86.0 cm³/mol. The Morgan fingerprint density at radius 1 is 0.765 bits per heavy atom. The maximum atomic E-state index is 2.30. The summed E-state index contributed by atoms with van der Waals surface area (Å²) in [6.45, 7) is 4.60. The minimum absolute atomic E-state index is 1.18. The van der Waals surface area contributed by atoms with Crippen molar-refractivity contribution in [3.05, 3.63) is 11.1 Å². The largest absolute Gasteiger partial charge is 0.124 e. The van der Waals surface area contributed by atoms with Gasteiger partial charge in [-0.2, -0.15) is 0 Å². The summed E-state index contributed by atoms with van der Waals surface area (Å²) in [6, 6.07) is 0. The van der Waals surface area contributed by atoms with Crippen LogP contribution in [-0.2, 0) is 12.8 Å². The van der Waals surface area contributed by atoms with Crippen LogP contribution in [0.4, 0.5) is 0 Å². The van der Waals surface area contributed by atoms with Crippen molar-refractivity contribution in [3.63, 3.8) is 0 Å². The Morgan fingerprint density at radius 3 is 1.65 bits per heavy atom. The van der Waals surface area contributed by atoms with Crippen LogP contribution in [0.3, 0.4) is 0 Å². The third kappa shape index (κ3) is 2.16. The molecule has 92 valence electrons. The average molecular weight is 319 g/mol. The van der Waals surface area contributed by atoms with Crippen LogP contribution in [0.15, 0.2) is 19.6 Å². The van der Waals surface area contributed by atoms with E-state index in [0.717, 1.165) is 0 Å². The molecule has 17 heavy (non-hydrogen) atoms. The van der Waals surface area contributed by atoms with Crippen LogP contribution in [0.25, 0.3) is 0 Å². The summed E-state index contributed by atoms with van der Waals surface area (Å²) in [5, 5.41) is 0. The number of hydrogen-bond acceptors (Lipinski definition) is 5. The van der Waals surface area contributed by atoms with Crippen molar-refractivity contribution in [1.82, 2.24) is 0 Å². The molecule has 0 radical (unpaired) electrons. The van der Waals surface area contributed by atoms with Gasteiger partial charge < -0.3 is 0 Å². The van der Waals surface area contributed by atoms with E-state index in [0.29, 0.717) is 0 Å². The highest BCUT2D eigenvalue weighted by atomic mass is 33.5. The van der Waals surface area contributed by atoms with Crippen LogP contribution in [0.1, 0.15) is 25.0 Å². The number of fused-ring (bicyclic) bond motifs is 2. The summed E-state index contributed by atoms with van der Waals surface area (Å²) in [7, 11) is 5.89. The molecule has 1 aromatic carbocycles. The van der Waals surface area contributed by atoms with Gasteiger partial charge in [-0.1, -0.05) is 13.8 Å². The van der Waals surface area contributed by atoms with Crippen LogP contribution in [0.5, 0.6) is 0 Å². The zero-order valence-corrected chi connectivity index (χ0v) is 14.0. The molecule has 0 amide bonds. The monoisotopic (exact) mass is 318 g/mol. The molecule has 1 aromatic rings. The molecule has 0 nitrogen and oxygen atoms in total. The van der Waals surface area contributed by atoms with Gasteiger partial charge in [-0.05, 0) is 55.4 Å². The maximum absolute atomic E-state index is 2.30. The lowest BCUT2D eigenvalue weighted by molar-refractivity contribution is 0.876. The Kier molecular flexibility index (Phi) is 4.22. The third-order valence-electron chi connectivity index (χ3n) is 3.03. The van der Waals surface area contributed by atoms with Gasteiger partial charge in [0.15, 0.2) is 0 Å². The fraction of sp³-hybridized carbons (Fsp3) is 0.500. The van der Waals surface area contributed by atoms with Crippen molar-refractivity contribution in [2.45, 2.75) is 46.3 Å². The Morgan fingerprint density at radius 2 is 1.24 bits per heavy atom. The van der Waals surface area contributed by atoms with Gasteiger partial charge in [0.25, 0.3) is 0 Å². The minimum atomic E-state index is 1.18. The molecule has 2 aliphatic rings. The summed E-state index contributed by atoms with van der Waals surface area (Å²) in [5.41, 5.74) is 3.24. The van der Waals surface area contributed by atoms with Crippen LogP contribution in [0, 0.1) is 0 Å². The maximum Gasteiger partial charge on any atom is 0.0382 e. The summed E-state index contributed by atoms with van der Waals surface area (Å²) >= 11 is 4.17. The van der Waals surface area contributed by atoms with Crippen LogP contribution in [0.2, 0.25) is 0 Å². The zero-order valence-electron chi connectivity index (χ0n) is 9.87. The molecule has 0 saturated heterocycles. The summed E-state index contributed by atoms with van der Waals surface area (Å²) < 4.78 is 0. The summed E-state index contributed by atoms with van der Waals surface area (Å²) in [6.07, 6.45) is 2.35.